The maximum Gasteiger partial charge on any atom is 0.0549 e. The van der Waals surface area contributed by atoms with Gasteiger partial charge in [-0.3, -0.25) is 0 Å². The molecule has 0 amide bonds. The highest BCUT2D eigenvalue weighted by molar-refractivity contribution is 6.16. The molecule has 4 aromatic carbocycles. The standard InChI is InChI=1S/C35H33N/c1-23-15-31(27-11-13-28(14-12-27)35-20-24-17-25(21-35)19-26(18-24)22-35)34-30-9-5-6-10-32(30)36(33(34)16-23)29-7-3-2-4-8-29/h2-16,24-26H,17-22H2,1H3. The minimum atomic E-state index is 0.457. The first-order valence-corrected chi connectivity index (χ1v) is 13.9. The van der Waals surface area contributed by atoms with Gasteiger partial charge in [0, 0.05) is 16.5 Å². The van der Waals surface area contributed by atoms with Gasteiger partial charge in [0.1, 0.15) is 0 Å². The van der Waals surface area contributed by atoms with Crippen LogP contribution in [-0.4, -0.2) is 4.57 Å². The molecule has 4 aliphatic rings. The summed E-state index contributed by atoms with van der Waals surface area (Å²) in [6.07, 6.45) is 8.80. The van der Waals surface area contributed by atoms with E-state index in [1.807, 2.05) is 0 Å². The van der Waals surface area contributed by atoms with E-state index in [4.69, 9.17) is 0 Å². The number of hydrogen-bond donors (Lipinski definition) is 0. The molecular formula is C35H33N. The van der Waals surface area contributed by atoms with E-state index in [2.05, 4.69) is 102 Å². The summed E-state index contributed by atoms with van der Waals surface area (Å²) in [5.41, 5.74) is 9.86. The van der Waals surface area contributed by atoms with E-state index in [0.717, 1.165) is 17.8 Å². The molecule has 0 saturated heterocycles. The third kappa shape index (κ3) is 3.01. The number of aromatic nitrogens is 1. The van der Waals surface area contributed by atoms with Crippen molar-refractivity contribution in [1.29, 1.82) is 0 Å². The molecule has 1 nitrogen and oxygen atoms in total. The average molecular weight is 468 g/mol. The molecule has 0 aliphatic heterocycles. The summed E-state index contributed by atoms with van der Waals surface area (Å²) in [7, 11) is 0. The molecule has 0 atom stereocenters. The van der Waals surface area contributed by atoms with Crippen molar-refractivity contribution in [2.24, 2.45) is 17.8 Å². The molecule has 4 saturated carbocycles. The van der Waals surface area contributed by atoms with Crippen molar-refractivity contribution >= 4 is 21.8 Å². The summed E-state index contributed by atoms with van der Waals surface area (Å²) in [4.78, 5) is 0. The van der Waals surface area contributed by atoms with Gasteiger partial charge in [-0.15, -0.1) is 0 Å². The van der Waals surface area contributed by atoms with Crippen LogP contribution in [0, 0.1) is 24.7 Å². The van der Waals surface area contributed by atoms with Crippen molar-refractivity contribution in [3.8, 4) is 16.8 Å². The molecule has 0 unspecified atom stereocenters. The van der Waals surface area contributed by atoms with Gasteiger partial charge in [-0.1, -0.05) is 66.7 Å². The number of rotatable bonds is 3. The fraction of sp³-hybridized carbons (Fsp3) is 0.314. The summed E-state index contributed by atoms with van der Waals surface area (Å²) in [6, 6.07) is 34.3. The number of para-hydroxylation sites is 2. The molecule has 4 aliphatic carbocycles. The Labute approximate surface area is 213 Å². The number of nitrogens with zero attached hydrogens (tertiary/aromatic N) is 1. The van der Waals surface area contributed by atoms with Gasteiger partial charge in [0.25, 0.3) is 0 Å². The molecular weight excluding hydrogens is 434 g/mol. The number of fused-ring (bicyclic) bond motifs is 3. The second-order valence-electron chi connectivity index (χ2n) is 12.2. The van der Waals surface area contributed by atoms with Crippen LogP contribution < -0.4 is 0 Å². The molecule has 9 rings (SSSR count). The summed E-state index contributed by atoms with van der Waals surface area (Å²) < 4.78 is 2.44. The Hall–Kier alpha value is -3.32. The number of benzene rings is 4. The summed E-state index contributed by atoms with van der Waals surface area (Å²) >= 11 is 0. The van der Waals surface area contributed by atoms with E-state index in [9.17, 15) is 0 Å². The van der Waals surface area contributed by atoms with Gasteiger partial charge in [-0.2, -0.15) is 0 Å². The lowest BCUT2D eigenvalue weighted by atomic mass is 9.48. The maximum atomic E-state index is 2.49. The largest absolute Gasteiger partial charge is 0.309 e. The highest BCUT2D eigenvalue weighted by Crippen LogP contribution is 2.60. The Morgan fingerprint density at radius 3 is 2.00 bits per heavy atom. The topological polar surface area (TPSA) is 4.93 Å². The first-order chi connectivity index (χ1) is 17.7. The van der Waals surface area contributed by atoms with Crippen LogP contribution in [0.1, 0.15) is 49.7 Å². The normalized spacial score (nSPS) is 26.8. The molecule has 1 heteroatoms. The molecule has 0 spiro atoms. The minimum absolute atomic E-state index is 0.457. The molecule has 1 heterocycles. The van der Waals surface area contributed by atoms with Crippen LogP contribution >= 0.6 is 0 Å². The van der Waals surface area contributed by atoms with Gasteiger partial charge in [-0.25, -0.2) is 0 Å². The van der Waals surface area contributed by atoms with Crippen LogP contribution in [-0.2, 0) is 5.41 Å². The molecule has 1 aromatic heterocycles. The molecule has 5 aromatic rings. The van der Waals surface area contributed by atoms with Gasteiger partial charge in [0.2, 0.25) is 0 Å². The van der Waals surface area contributed by atoms with Crippen LogP contribution in [0.3, 0.4) is 0 Å². The Morgan fingerprint density at radius 1 is 0.667 bits per heavy atom. The van der Waals surface area contributed by atoms with E-state index in [-0.39, 0.29) is 0 Å². The average Bonchev–Trinajstić information content (AvgIpc) is 3.22. The Kier molecular flexibility index (Phi) is 4.39. The van der Waals surface area contributed by atoms with Gasteiger partial charge < -0.3 is 4.57 Å². The van der Waals surface area contributed by atoms with E-state index in [1.165, 1.54) is 82.7 Å². The molecule has 178 valence electrons. The lowest BCUT2D eigenvalue weighted by molar-refractivity contribution is -0.00518. The molecule has 36 heavy (non-hydrogen) atoms. The van der Waals surface area contributed by atoms with Crippen molar-refractivity contribution in [2.75, 3.05) is 0 Å². The van der Waals surface area contributed by atoms with Crippen LogP contribution in [0.2, 0.25) is 0 Å². The molecule has 0 N–H and O–H groups in total. The SMILES string of the molecule is Cc1cc(-c2ccc(C34CC5CC(CC(C5)C3)C4)cc2)c2c3ccccc3n(-c3ccccc3)c2c1. The number of aryl methyl sites for hydroxylation is 1. The second kappa shape index (κ2) is 7.59. The maximum absolute atomic E-state index is 2.49. The summed E-state index contributed by atoms with van der Waals surface area (Å²) in [5, 5.41) is 2.69. The zero-order valence-corrected chi connectivity index (χ0v) is 21.1. The summed E-state index contributed by atoms with van der Waals surface area (Å²) in [6.45, 7) is 2.24. The van der Waals surface area contributed by atoms with Crippen LogP contribution in [0.4, 0.5) is 0 Å². The van der Waals surface area contributed by atoms with Crippen molar-refractivity contribution < 1.29 is 0 Å². The van der Waals surface area contributed by atoms with Crippen LogP contribution in [0.25, 0.3) is 38.6 Å². The van der Waals surface area contributed by atoms with Gasteiger partial charge >= 0.3 is 0 Å². The Morgan fingerprint density at radius 2 is 1.31 bits per heavy atom. The first kappa shape index (κ1) is 20.8. The van der Waals surface area contributed by atoms with Crippen molar-refractivity contribution in [3.05, 3.63) is 102 Å². The third-order valence-electron chi connectivity index (χ3n) is 9.78. The Bertz CT molecular complexity index is 1570. The van der Waals surface area contributed by atoms with Crippen molar-refractivity contribution in [2.45, 2.75) is 50.9 Å². The highest BCUT2D eigenvalue weighted by atomic mass is 15.0. The zero-order chi connectivity index (χ0) is 23.9. The predicted octanol–water partition coefficient (Wildman–Crippen LogP) is 9.23. The number of hydrogen-bond acceptors (Lipinski definition) is 0. The molecule has 4 fully saturated rings. The minimum Gasteiger partial charge on any atom is -0.309 e. The third-order valence-corrected chi connectivity index (χ3v) is 9.78. The monoisotopic (exact) mass is 467 g/mol. The first-order valence-electron chi connectivity index (χ1n) is 13.9. The van der Waals surface area contributed by atoms with Crippen LogP contribution in [0.5, 0.6) is 0 Å². The fourth-order valence-corrected chi connectivity index (χ4v) is 8.79. The van der Waals surface area contributed by atoms with Gasteiger partial charge in [-0.05, 0) is 115 Å². The van der Waals surface area contributed by atoms with E-state index < -0.39 is 0 Å². The van der Waals surface area contributed by atoms with Gasteiger partial charge in [0.15, 0.2) is 0 Å². The smallest absolute Gasteiger partial charge is 0.0549 e. The van der Waals surface area contributed by atoms with E-state index in [1.54, 1.807) is 5.56 Å². The summed E-state index contributed by atoms with van der Waals surface area (Å²) in [5.74, 6) is 2.95. The fourth-order valence-electron chi connectivity index (χ4n) is 8.79. The van der Waals surface area contributed by atoms with Crippen molar-refractivity contribution in [1.82, 2.24) is 4.57 Å². The Balaban J connectivity index is 1.30. The highest BCUT2D eigenvalue weighted by Gasteiger charge is 2.51. The van der Waals surface area contributed by atoms with E-state index >= 15 is 0 Å². The molecule has 0 radical (unpaired) electrons. The molecule has 4 bridgehead atoms. The lowest BCUT2D eigenvalue weighted by Crippen LogP contribution is -2.48. The second-order valence-corrected chi connectivity index (χ2v) is 12.2. The van der Waals surface area contributed by atoms with Crippen LogP contribution in [0.15, 0.2) is 91.0 Å². The van der Waals surface area contributed by atoms with E-state index in [0.29, 0.717) is 5.41 Å². The quantitative estimate of drug-likeness (QED) is 0.249. The predicted molar refractivity (Wildman–Crippen MR) is 151 cm³/mol. The van der Waals surface area contributed by atoms with Gasteiger partial charge in [0.05, 0.1) is 11.0 Å². The van der Waals surface area contributed by atoms with Crippen molar-refractivity contribution in [3.63, 3.8) is 0 Å². The zero-order valence-electron chi connectivity index (χ0n) is 21.1. The lowest BCUT2D eigenvalue weighted by Gasteiger charge is -2.57.